The lowest BCUT2D eigenvalue weighted by molar-refractivity contribution is -0.153. The SMILES string of the molecule is O=C(O)C(=O)NCC1(COc2cc(C(F)(F)F)ccc2-c2cc(=O)c3cccc(Cl)c3o2)COC1. The first kappa shape index (κ1) is 24.6. The minimum Gasteiger partial charge on any atom is -0.492 e. The molecule has 35 heavy (non-hydrogen) atoms. The van der Waals surface area contributed by atoms with Crippen LogP contribution in [0.15, 0.2) is 51.7 Å². The van der Waals surface area contributed by atoms with E-state index in [9.17, 15) is 27.6 Å². The Morgan fingerprint density at radius 2 is 1.91 bits per heavy atom. The predicted molar refractivity (Wildman–Crippen MR) is 117 cm³/mol. The van der Waals surface area contributed by atoms with Gasteiger partial charge in [0.15, 0.2) is 11.0 Å². The van der Waals surface area contributed by atoms with E-state index < -0.39 is 34.5 Å². The quantitative estimate of drug-likeness (QED) is 0.485. The van der Waals surface area contributed by atoms with Crippen molar-refractivity contribution in [1.82, 2.24) is 5.32 Å². The van der Waals surface area contributed by atoms with Gasteiger partial charge in [0.05, 0.1) is 46.8 Å². The molecule has 1 amide bonds. The number of fused-ring (bicyclic) bond motifs is 1. The second-order valence-electron chi connectivity index (χ2n) is 8.07. The molecule has 0 unspecified atom stereocenters. The summed E-state index contributed by atoms with van der Waals surface area (Å²) in [4.78, 5) is 34.7. The lowest BCUT2D eigenvalue weighted by Gasteiger charge is -2.41. The van der Waals surface area contributed by atoms with Gasteiger partial charge in [-0.1, -0.05) is 17.7 Å². The maximum Gasteiger partial charge on any atom is 0.416 e. The summed E-state index contributed by atoms with van der Waals surface area (Å²) in [5.74, 6) is -3.19. The number of ether oxygens (including phenoxy) is 2. The van der Waals surface area contributed by atoms with E-state index in [1.165, 1.54) is 12.1 Å². The van der Waals surface area contributed by atoms with E-state index in [0.29, 0.717) is 0 Å². The van der Waals surface area contributed by atoms with Gasteiger partial charge in [0.1, 0.15) is 11.5 Å². The highest BCUT2D eigenvalue weighted by Gasteiger charge is 2.41. The minimum absolute atomic E-state index is 0.0580. The molecule has 3 aromatic rings. The Morgan fingerprint density at radius 1 is 1.17 bits per heavy atom. The molecule has 0 atom stereocenters. The number of hydrogen-bond acceptors (Lipinski definition) is 6. The van der Waals surface area contributed by atoms with Crippen LogP contribution in [-0.4, -0.2) is 43.3 Å². The minimum atomic E-state index is -4.67. The lowest BCUT2D eigenvalue weighted by Crippen LogP contribution is -2.55. The van der Waals surface area contributed by atoms with Gasteiger partial charge in [0.25, 0.3) is 0 Å². The van der Waals surface area contributed by atoms with Crippen molar-refractivity contribution in [3.8, 4) is 17.1 Å². The fourth-order valence-corrected chi connectivity index (χ4v) is 3.71. The maximum atomic E-state index is 13.4. The van der Waals surface area contributed by atoms with Crippen molar-refractivity contribution in [2.75, 3.05) is 26.4 Å². The number of carboxylic acid groups (broad SMARTS) is 1. The highest BCUT2D eigenvalue weighted by molar-refractivity contribution is 6.34. The highest BCUT2D eigenvalue weighted by atomic mass is 35.5. The first-order valence-corrected chi connectivity index (χ1v) is 10.5. The van der Waals surface area contributed by atoms with E-state index in [2.05, 4.69) is 5.32 Å². The van der Waals surface area contributed by atoms with Gasteiger partial charge in [-0.2, -0.15) is 13.2 Å². The molecule has 0 spiro atoms. The Morgan fingerprint density at radius 3 is 2.54 bits per heavy atom. The van der Waals surface area contributed by atoms with Gasteiger partial charge in [0.2, 0.25) is 0 Å². The van der Waals surface area contributed by atoms with E-state index in [4.69, 9.17) is 30.6 Å². The van der Waals surface area contributed by atoms with Crippen LogP contribution in [0.4, 0.5) is 13.2 Å². The van der Waals surface area contributed by atoms with Gasteiger partial charge in [-0.3, -0.25) is 9.59 Å². The Labute approximate surface area is 200 Å². The summed E-state index contributed by atoms with van der Waals surface area (Å²) >= 11 is 6.14. The summed E-state index contributed by atoms with van der Waals surface area (Å²) in [5, 5.41) is 11.3. The molecule has 1 saturated heterocycles. The van der Waals surface area contributed by atoms with E-state index in [1.807, 2.05) is 0 Å². The molecule has 8 nitrogen and oxygen atoms in total. The van der Waals surface area contributed by atoms with Crippen LogP contribution in [-0.2, 0) is 20.5 Å². The zero-order valence-electron chi connectivity index (χ0n) is 17.8. The molecule has 1 aliphatic heterocycles. The maximum absolute atomic E-state index is 13.4. The van der Waals surface area contributed by atoms with Crippen molar-refractivity contribution in [1.29, 1.82) is 0 Å². The van der Waals surface area contributed by atoms with Crippen molar-refractivity contribution in [3.63, 3.8) is 0 Å². The Bertz CT molecular complexity index is 1370. The lowest BCUT2D eigenvalue weighted by atomic mass is 9.87. The number of carboxylic acids is 1. The number of aliphatic carboxylic acids is 1. The molecule has 184 valence electrons. The van der Waals surface area contributed by atoms with Gasteiger partial charge in [-0.05, 0) is 30.3 Å². The van der Waals surface area contributed by atoms with Crippen LogP contribution in [0.2, 0.25) is 5.02 Å². The summed E-state index contributed by atoms with van der Waals surface area (Å²) in [7, 11) is 0. The van der Waals surface area contributed by atoms with Crippen LogP contribution in [0.1, 0.15) is 5.56 Å². The summed E-state index contributed by atoms with van der Waals surface area (Å²) < 4.78 is 56.8. The smallest absolute Gasteiger partial charge is 0.416 e. The van der Waals surface area contributed by atoms with Gasteiger partial charge >= 0.3 is 18.1 Å². The average Bonchev–Trinajstić information content (AvgIpc) is 2.77. The molecule has 0 aliphatic carbocycles. The molecule has 12 heteroatoms. The monoisotopic (exact) mass is 511 g/mol. The predicted octanol–water partition coefficient (Wildman–Crippen LogP) is 3.73. The molecular formula is C23H17ClF3NO7. The Kier molecular flexibility index (Phi) is 6.48. The largest absolute Gasteiger partial charge is 0.492 e. The normalized spacial score (nSPS) is 14.9. The summed E-state index contributed by atoms with van der Waals surface area (Å²) in [6.07, 6.45) is -4.67. The molecule has 0 saturated carbocycles. The van der Waals surface area contributed by atoms with Crippen LogP contribution in [0.5, 0.6) is 5.75 Å². The van der Waals surface area contributed by atoms with Crippen molar-refractivity contribution in [3.05, 3.63) is 63.3 Å². The first-order valence-electron chi connectivity index (χ1n) is 10.1. The number of nitrogens with one attached hydrogen (secondary N) is 1. The summed E-state index contributed by atoms with van der Waals surface area (Å²) in [6, 6.07) is 8.43. The third-order valence-electron chi connectivity index (χ3n) is 5.45. The average molecular weight is 512 g/mol. The summed E-state index contributed by atoms with van der Waals surface area (Å²) in [5.41, 5.74) is -2.15. The molecular weight excluding hydrogens is 495 g/mol. The van der Waals surface area contributed by atoms with Crippen LogP contribution >= 0.6 is 11.6 Å². The first-order chi connectivity index (χ1) is 16.5. The zero-order chi connectivity index (χ0) is 25.4. The third-order valence-corrected chi connectivity index (χ3v) is 5.75. The number of para-hydroxylation sites is 1. The van der Waals surface area contributed by atoms with E-state index in [1.54, 1.807) is 6.07 Å². The number of halogens is 4. The molecule has 2 N–H and O–H groups in total. The molecule has 0 bridgehead atoms. The van der Waals surface area contributed by atoms with Crippen LogP contribution < -0.4 is 15.5 Å². The van der Waals surface area contributed by atoms with E-state index in [0.717, 1.165) is 24.3 Å². The Balaban J connectivity index is 1.70. The number of amides is 1. The van der Waals surface area contributed by atoms with Crippen LogP contribution in [0.25, 0.3) is 22.3 Å². The second-order valence-corrected chi connectivity index (χ2v) is 8.48. The number of carbonyl (C=O) groups is 2. The molecule has 1 aliphatic rings. The third kappa shape index (κ3) is 5.10. The fourth-order valence-electron chi connectivity index (χ4n) is 3.50. The molecule has 2 heterocycles. The molecule has 1 aromatic heterocycles. The number of rotatable bonds is 6. The van der Waals surface area contributed by atoms with E-state index in [-0.39, 0.29) is 59.4 Å². The molecule has 1 fully saturated rings. The zero-order valence-corrected chi connectivity index (χ0v) is 18.5. The van der Waals surface area contributed by atoms with Gasteiger partial charge in [-0.15, -0.1) is 0 Å². The highest BCUT2D eigenvalue weighted by Crippen LogP contribution is 2.39. The Hall–Kier alpha value is -3.57. The van der Waals surface area contributed by atoms with Crippen LogP contribution in [0, 0.1) is 5.41 Å². The molecule has 0 radical (unpaired) electrons. The summed E-state index contributed by atoms with van der Waals surface area (Å²) in [6.45, 7) is -0.170. The standard InChI is InChI=1S/C23H17ClF3NO7/c24-15-3-1-2-13-16(29)7-18(35-19(13)15)14-5-4-12(23(25,26)27)6-17(14)34-11-22(9-33-10-22)8-28-20(30)21(31)32/h1-7H,8-11H2,(H,28,30)(H,31,32). The van der Waals surface area contributed by atoms with Crippen molar-refractivity contribution in [2.45, 2.75) is 6.18 Å². The van der Waals surface area contributed by atoms with Gasteiger partial charge in [0, 0.05) is 12.6 Å². The fraction of sp³-hybridized carbons (Fsp3) is 0.261. The number of benzene rings is 2. The molecule has 4 rings (SSSR count). The van der Waals surface area contributed by atoms with Gasteiger partial charge in [-0.25, -0.2) is 4.79 Å². The van der Waals surface area contributed by atoms with Crippen molar-refractivity contribution >= 4 is 34.4 Å². The second kappa shape index (κ2) is 9.23. The van der Waals surface area contributed by atoms with E-state index >= 15 is 0 Å². The van der Waals surface area contributed by atoms with Crippen LogP contribution in [0.3, 0.4) is 0 Å². The number of alkyl halides is 3. The number of hydrogen-bond donors (Lipinski definition) is 2. The van der Waals surface area contributed by atoms with Crippen molar-refractivity contribution in [2.24, 2.45) is 5.41 Å². The molecule has 2 aromatic carbocycles. The number of carbonyl (C=O) groups excluding carboxylic acids is 1. The topological polar surface area (TPSA) is 115 Å². The van der Waals surface area contributed by atoms with Crippen molar-refractivity contribution < 1.29 is 41.8 Å². The van der Waals surface area contributed by atoms with Gasteiger partial charge < -0.3 is 24.3 Å².